The Labute approximate surface area is 223 Å². The van der Waals surface area contributed by atoms with Crippen LogP contribution >= 0.6 is 23.2 Å². The SMILES string of the molecule is CCNC(=O)[C@@H](Cc1ccccc1)N(Cc1ccc(Cl)c(Cl)c1)C(=O)COc1cc(C)cc(C)c1C. The van der Waals surface area contributed by atoms with E-state index >= 15 is 0 Å². The molecule has 0 aliphatic rings. The molecule has 0 unspecified atom stereocenters. The number of ether oxygens (including phenoxy) is 1. The van der Waals surface area contributed by atoms with Crippen LogP contribution < -0.4 is 10.1 Å². The van der Waals surface area contributed by atoms with Crippen molar-refractivity contribution >= 4 is 35.0 Å². The van der Waals surface area contributed by atoms with Crippen LogP contribution in [-0.4, -0.2) is 35.9 Å². The lowest BCUT2D eigenvalue weighted by Crippen LogP contribution is -2.51. The maximum absolute atomic E-state index is 13.7. The molecule has 0 aliphatic carbocycles. The molecule has 5 nitrogen and oxygen atoms in total. The topological polar surface area (TPSA) is 58.6 Å². The van der Waals surface area contributed by atoms with Crippen molar-refractivity contribution < 1.29 is 14.3 Å². The Balaban J connectivity index is 1.94. The summed E-state index contributed by atoms with van der Waals surface area (Å²) in [6, 6.07) is 18.1. The Kier molecular flexibility index (Phi) is 9.80. The van der Waals surface area contributed by atoms with Gasteiger partial charge >= 0.3 is 0 Å². The van der Waals surface area contributed by atoms with Gasteiger partial charge in [0.05, 0.1) is 10.0 Å². The smallest absolute Gasteiger partial charge is 0.261 e. The highest BCUT2D eigenvalue weighted by molar-refractivity contribution is 6.42. The average Bonchev–Trinajstić information content (AvgIpc) is 2.85. The summed E-state index contributed by atoms with van der Waals surface area (Å²) >= 11 is 12.3. The van der Waals surface area contributed by atoms with Gasteiger partial charge in [0.2, 0.25) is 5.91 Å². The summed E-state index contributed by atoms with van der Waals surface area (Å²) in [5.41, 5.74) is 4.84. The Bertz CT molecular complexity index is 1210. The predicted molar refractivity (Wildman–Crippen MR) is 146 cm³/mol. The molecule has 3 aromatic carbocycles. The molecule has 7 heteroatoms. The third kappa shape index (κ3) is 7.25. The molecule has 3 aromatic rings. The van der Waals surface area contributed by atoms with Crippen LogP contribution in [0.5, 0.6) is 5.75 Å². The van der Waals surface area contributed by atoms with Crippen LogP contribution in [0.2, 0.25) is 10.0 Å². The molecule has 0 saturated carbocycles. The number of benzene rings is 3. The number of rotatable bonds is 10. The van der Waals surface area contributed by atoms with Gasteiger partial charge in [-0.05, 0) is 73.7 Å². The first-order valence-corrected chi connectivity index (χ1v) is 12.7. The zero-order chi connectivity index (χ0) is 26.2. The molecule has 1 N–H and O–H groups in total. The summed E-state index contributed by atoms with van der Waals surface area (Å²) in [4.78, 5) is 28.5. The normalized spacial score (nSPS) is 11.6. The van der Waals surface area contributed by atoms with E-state index < -0.39 is 6.04 Å². The second kappa shape index (κ2) is 12.8. The van der Waals surface area contributed by atoms with Crippen LogP contribution in [0.1, 0.15) is 34.7 Å². The van der Waals surface area contributed by atoms with Crippen molar-refractivity contribution in [1.29, 1.82) is 0 Å². The van der Waals surface area contributed by atoms with Crippen LogP contribution in [0.4, 0.5) is 0 Å². The van der Waals surface area contributed by atoms with Gasteiger partial charge in [0.15, 0.2) is 6.61 Å². The molecular weight excluding hydrogens is 495 g/mol. The van der Waals surface area contributed by atoms with E-state index in [1.165, 1.54) is 0 Å². The summed E-state index contributed by atoms with van der Waals surface area (Å²) < 4.78 is 5.99. The fourth-order valence-electron chi connectivity index (χ4n) is 4.05. The first-order valence-electron chi connectivity index (χ1n) is 11.9. The Morgan fingerprint density at radius 3 is 2.33 bits per heavy atom. The number of hydrogen-bond acceptors (Lipinski definition) is 3. The molecule has 0 saturated heterocycles. The van der Waals surface area contributed by atoms with Crippen LogP contribution in [0.15, 0.2) is 60.7 Å². The van der Waals surface area contributed by atoms with E-state index in [1.807, 2.05) is 64.1 Å². The molecule has 0 aliphatic heterocycles. The van der Waals surface area contributed by atoms with E-state index in [4.69, 9.17) is 27.9 Å². The number of hydrogen-bond donors (Lipinski definition) is 1. The average molecular weight is 527 g/mol. The Hall–Kier alpha value is -3.02. The first-order chi connectivity index (χ1) is 17.2. The summed E-state index contributed by atoms with van der Waals surface area (Å²) in [7, 11) is 0. The summed E-state index contributed by atoms with van der Waals surface area (Å²) in [6.07, 6.45) is 0.363. The lowest BCUT2D eigenvalue weighted by Gasteiger charge is -2.31. The van der Waals surface area contributed by atoms with Gasteiger partial charge in [-0.25, -0.2) is 0 Å². The number of nitrogens with one attached hydrogen (secondary N) is 1. The maximum Gasteiger partial charge on any atom is 0.261 e. The zero-order valence-corrected chi connectivity index (χ0v) is 22.6. The Morgan fingerprint density at radius 2 is 1.67 bits per heavy atom. The third-order valence-corrected chi connectivity index (χ3v) is 6.81. The van der Waals surface area contributed by atoms with Crippen molar-refractivity contribution in [1.82, 2.24) is 10.2 Å². The fraction of sp³-hybridized carbons (Fsp3) is 0.310. The van der Waals surface area contributed by atoms with E-state index in [0.29, 0.717) is 28.8 Å². The van der Waals surface area contributed by atoms with Crippen molar-refractivity contribution in [3.8, 4) is 5.75 Å². The molecule has 0 spiro atoms. The standard InChI is InChI=1S/C29H32Cl2N2O3/c1-5-32-29(35)26(16-22-9-7-6-8-10-22)33(17-23-11-12-24(30)25(31)15-23)28(34)18-36-27-14-19(2)13-20(3)21(27)4/h6-15,26H,5,16-18H2,1-4H3,(H,32,35)/t26-/m1/s1. The third-order valence-electron chi connectivity index (χ3n) is 6.07. The molecule has 3 rings (SSSR count). The van der Waals surface area contributed by atoms with Crippen molar-refractivity contribution in [2.24, 2.45) is 0 Å². The highest BCUT2D eigenvalue weighted by Gasteiger charge is 2.30. The lowest BCUT2D eigenvalue weighted by atomic mass is 10.0. The number of halogens is 2. The molecular formula is C29H32Cl2N2O3. The number of carbonyl (C=O) groups excluding carboxylic acids is 2. The van der Waals surface area contributed by atoms with Gasteiger partial charge in [-0.3, -0.25) is 9.59 Å². The second-order valence-electron chi connectivity index (χ2n) is 8.86. The molecule has 0 bridgehead atoms. The number of amides is 2. The van der Waals surface area contributed by atoms with Crippen LogP contribution in [0, 0.1) is 20.8 Å². The van der Waals surface area contributed by atoms with E-state index in [-0.39, 0.29) is 25.0 Å². The second-order valence-corrected chi connectivity index (χ2v) is 9.68. The summed E-state index contributed by atoms with van der Waals surface area (Å²) in [5.74, 6) is 0.136. The van der Waals surface area contributed by atoms with Crippen molar-refractivity contribution in [2.45, 2.75) is 46.7 Å². The zero-order valence-electron chi connectivity index (χ0n) is 21.1. The van der Waals surface area contributed by atoms with Gasteiger partial charge in [0.1, 0.15) is 11.8 Å². The number of carbonyl (C=O) groups is 2. The quantitative estimate of drug-likeness (QED) is 0.348. The van der Waals surface area contributed by atoms with Crippen LogP contribution in [0.3, 0.4) is 0 Å². The minimum atomic E-state index is -0.738. The highest BCUT2D eigenvalue weighted by atomic mass is 35.5. The summed E-state index contributed by atoms with van der Waals surface area (Å²) in [6.45, 7) is 8.26. The number of nitrogens with zero attached hydrogens (tertiary/aromatic N) is 1. The molecule has 0 heterocycles. The van der Waals surface area contributed by atoms with Crippen molar-refractivity contribution in [3.05, 3.63) is 98.5 Å². The fourth-order valence-corrected chi connectivity index (χ4v) is 4.37. The van der Waals surface area contributed by atoms with Crippen molar-refractivity contribution in [3.63, 3.8) is 0 Å². The van der Waals surface area contributed by atoms with Gasteiger partial charge in [-0.1, -0.05) is 65.7 Å². The molecule has 2 amide bonds. The highest BCUT2D eigenvalue weighted by Crippen LogP contribution is 2.26. The van der Waals surface area contributed by atoms with E-state index in [9.17, 15) is 9.59 Å². The number of aryl methyl sites for hydroxylation is 2. The molecule has 190 valence electrons. The van der Waals surface area contributed by atoms with Gasteiger partial charge in [0.25, 0.3) is 5.91 Å². The largest absolute Gasteiger partial charge is 0.483 e. The molecule has 0 aromatic heterocycles. The van der Waals surface area contributed by atoms with Crippen LogP contribution in [-0.2, 0) is 22.6 Å². The molecule has 36 heavy (non-hydrogen) atoms. The minimum Gasteiger partial charge on any atom is -0.483 e. The Morgan fingerprint density at radius 1 is 0.944 bits per heavy atom. The van der Waals surface area contributed by atoms with Crippen LogP contribution in [0.25, 0.3) is 0 Å². The summed E-state index contributed by atoms with van der Waals surface area (Å²) in [5, 5.41) is 3.70. The van der Waals surface area contributed by atoms with E-state index in [0.717, 1.165) is 27.8 Å². The first kappa shape index (κ1) is 27.6. The molecule has 1 atom stereocenters. The van der Waals surface area contributed by atoms with E-state index in [2.05, 4.69) is 11.4 Å². The molecule has 0 fully saturated rings. The molecule has 0 radical (unpaired) electrons. The van der Waals surface area contributed by atoms with Gasteiger partial charge < -0.3 is 15.0 Å². The van der Waals surface area contributed by atoms with Gasteiger partial charge in [-0.2, -0.15) is 0 Å². The van der Waals surface area contributed by atoms with Crippen molar-refractivity contribution in [2.75, 3.05) is 13.2 Å². The maximum atomic E-state index is 13.7. The van der Waals surface area contributed by atoms with Gasteiger partial charge in [0, 0.05) is 19.5 Å². The number of likely N-dealkylation sites (N-methyl/N-ethyl adjacent to an activating group) is 1. The van der Waals surface area contributed by atoms with Gasteiger partial charge in [-0.15, -0.1) is 0 Å². The minimum absolute atomic E-state index is 0.180. The monoisotopic (exact) mass is 526 g/mol. The van der Waals surface area contributed by atoms with E-state index in [1.54, 1.807) is 23.1 Å². The lowest BCUT2D eigenvalue weighted by molar-refractivity contribution is -0.142. The predicted octanol–water partition coefficient (Wildman–Crippen LogP) is 6.07.